The molecule has 2 heterocycles. The molecule has 0 spiro atoms. The van der Waals surface area contributed by atoms with Crippen molar-refractivity contribution in [1.29, 1.82) is 0 Å². The van der Waals surface area contributed by atoms with Crippen LogP contribution in [0.25, 0.3) is 9.40 Å². The molecule has 0 aliphatic carbocycles. The van der Waals surface area contributed by atoms with Crippen molar-refractivity contribution in [2.75, 3.05) is 0 Å². The summed E-state index contributed by atoms with van der Waals surface area (Å²) in [4.78, 5) is 1.37. The molecule has 0 aromatic carbocycles. The Kier molecular flexibility index (Phi) is 3.97. The zero-order chi connectivity index (χ0) is 11.5. The van der Waals surface area contributed by atoms with E-state index < -0.39 is 0 Å². The summed E-state index contributed by atoms with van der Waals surface area (Å²) in [7, 11) is 0. The van der Waals surface area contributed by atoms with Gasteiger partial charge in [-0.2, -0.15) is 0 Å². The number of rotatable bonds is 5. The van der Waals surface area contributed by atoms with Crippen LogP contribution in [0.2, 0.25) is 0 Å². The molecule has 16 heavy (non-hydrogen) atoms. The highest BCUT2D eigenvalue weighted by molar-refractivity contribution is 7.26. The van der Waals surface area contributed by atoms with Crippen molar-refractivity contribution >= 4 is 32.1 Å². The third-order valence-corrected chi connectivity index (χ3v) is 5.34. The van der Waals surface area contributed by atoms with Gasteiger partial charge in [0.2, 0.25) is 0 Å². The molecule has 0 fully saturated rings. The van der Waals surface area contributed by atoms with E-state index in [-0.39, 0.29) is 0 Å². The van der Waals surface area contributed by atoms with Crippen LogP contribution in [0.3, 0.4) is 0 Å². The Balaban J connectivity index is 2.30. The molecule has 0 amide bonds. The third kappa shape index (κ3) is 2.15. The van der Waals surface area contributed by atoms with Crippen LogP contribution in [0.5, 0.6) is 0 Å². The molecule has 0 aliphatic heterocycles. The summed E-state index contributed by atoms with van der Waals surface area (Å²) in [6, 6.07) is 4.78. The van der Waals surface area contributed by atoms with Crippen molar-refractivity contribution in [3.8, 4) is 0 Å². The first-order valence-corrected chi connectivity index (χ1v) is 7.42. The molecule has 0 radical (unpaired) electrons. The minimum absolute atomic E-state index is 0.305. The van der Waals surface area contributed by atoms with Crippen LogP contribution in [0.15, 0.2) is 17.5 Å². The van der Waals surface area contributed by atoms with Gasteiger partial charge in [-0.25, -0.2) is 0 Å². The number of thiophene rings is 2. The Labute approximate surface area is 104 Å². The number of nitrogens with two attached hydrogens (primary N) is 1. The highest BCUT2D eigenvalue weighted by atomic mass is 32.1. The Morgan fingerprint density at radius 2 is 2.06 bits per heavy atom. The lowest BCUT2D eigenvalue weighted by Gasteiger charge is -2.23. The normalized spacial score (nSPS) is 13.8. The first kappa shape index (κ1) is 12.0. The number of fused-ring (bicyclic) bond motifs is 1. The molecule has 88 valence electrons. The van der Waals surface area contributed by atoms with E-state index in [0.717, 1.165) is 12.8 Å². The molecule has 2 nitrogen and oxygen atoms in total. The van der Waals surface area contributed by atoms with E-state index in [2.05, 4.69) is 36.8 Å². The molecule has 0 saturated heterocycles. The van der Waals surface area contributed by atoms with Crippen molar-refractivity contribution in [2.45, 2.75) is 32.7 Å². The van der Waals surface area contributed by atoms with Gasteiger partial charge in [-0.05, 0) is 23.4 Å². The van der Waals surface area contributed by atoms with Crippen LogP contribution in [0, 0.1) is 5.92 Å². The Morgan fingerprint density at radius 1 is 1.31 bits per heavy atom. The van der Waals surface area contributed by atoms with E-state index in [0.29, 0.717) is 12.0 Å². The second-order valence-corrected chi connectivity index (χ2v) is 6.08. The summed E-state index contributed by atoms with van der Waals surface area (Å²) < 4.78 is 2.76. The summed E-state index contributed by atoms with van der Waals surface area (Å²) in [5, 5.41) is 2.15. The van der Waals surface area contributed by atoms with Gasteiger partial charge < -0.3 is 0 Å². The Bertz CT molecular complexity index is 414. The average molecular weight is 254 g/mol. The van der Waals surface area contributed by atoms with Gasteiger partial charge in [-0.3, -0.25) is 11.3 Å². The summed E-state index contributed by atoms with van der Waals surface area (Å²) >= 11 is 3.67. The largest absolute Gasteiger partial charge is 0.271 e. The number of hydrogen-bond donors (Lipinski definition) is 2. The van der Waals surface area contributed by atoms with Crippen LogP contribution >= 0.6 is 22.7 Å². The maximum atomic E-state index is 5.71. The van der Waals surface area contributed by atoms with Gasteiger partial charge in [0.1, 0.15) is 0 Å². The molecule has 2 aromatic rings. The lowest BCUT2D eigenvalue weighted by Crippen LogP contribution is -2.32. The highest BCUT2D eigenvalue weighted by Gasteiger charge is 2.21. The molecule has 0 saturated carbocycles. The fraction of sp³-hybridized carbons (Fsp3) is 0.500. The van der Waals surface area contributed by atoms with Crippen molar-refractivity contribution < 1.29 is 0 Å². The fourth-order valence-electron chi connectivity index (χ4n) is 2.15. The maximum Gasteiger partial charge on any atom is 0.0581 e. The summed E-state index contributed by atoms with van der Waals surface area (Å²) in [5.41, 5.74) is 2.99. The van der Waals surface area contributed by atoms with E-state index in [1.165, 1.54) is 14.3 Å². The summed E-state index contributed by atoms with van der Waals surface area (Å²) in [6.07, 6.45) is 2.33. The standard InChI is InChI=1S/C12H18N2S2/c1-3-8(4-2)12(14-13)11-7-10-9(16-11)5-6-15-10/h5-8,12,14H,3-4,13H2,1-2H3. The lowest BCUT2D eigenvalue weighted by atomic mass is 9.93. The van der Waals surface area contributed by atoms with Gasteiger partial charge in [0.05, 0.1) is 6.04 Å². The monoisotopic (exact) mass is 254 g/mol. The predicted octanol–water partition coefficient (Wildman–Crippen LogP) is 3.90. The molecule has 0 aliphatic rings. The van der Waals surface area contributed by atoms with Crippen molar-refractivity contribution in [1.82, 2.24) is 5.43 Å². The lowest BCUT2D eigenvalue weighted by molar-refractivity contribution is 0.350. The molecule has 1 atom stereocenters. The van der Waals surface area contributed by atoms with Gasteiger partial charge in [0.15, 0.2) is 0 Å². The van der Waals surface area contributed by atoms with Crippen LogP contribution < -0.4 is 11.3 Å². The highest BCUT2D eigenvalue weighted by Crippen LogP contribution is 2.37. The van der Waals surface area contributed by atoms with E-state index in [4.69, 9.17) is 5.84 Å². The minimum atomic E-state index is 0.305. The quantitative estimate of drug-likeness (QED) is 0.627. The molecule has 4 heteroatoms. The predicted molar refractivity (Wildman–Crippen MR) is 73.8 cm³/mol. The Morgan fingerprint density at radius 3 is 2.62 bits per heavy atom. The van der Waals surface area contributed by atoms with Crippen molar-refractivity contribution in [3.63, 3.8) is 0 Å². The first-order valence-electron chi connectivity index (χ1n) is 5.73. The number of nitrogens with one attached hydrogen (secondary N) is 1. The smallest absolute Gasteiger partial charge is 0.0581 e. The second-order valence-electron chi connectivity index (χ2n) is 4.02. The fourth-order valence-corrected chi connectivity index (χ4v) is 4.42. The minimum Gasteiger partial charge on any atom is -0.271 e. The van der Waals surface area contributed by atoms with Gasteiger partial charge in [0, 0.05) is 14.3 Å². The topological polar surface area (TPSA) is 38.0 Å². The van der Waals surface area contributed by atoms with Crippen LogP contribution in [0.4, 0.5) is 0 Å². The third-order valence-electron chi connectivity index (χ3n) is 3.16. The zero-order valence-corrected chi connectivity index (χ0v) is 11.3. The summed E-state index contributed by atoms with van der Waals surface area (Å²) in [6.45, 7) is 4.46. The Hall–Kier alpha value is -0.420. The van der Waals surface area contributed by atoms with E-state index >= 15 is 0 Å². The van der Waals surface area contributed by atoms with Gasteiger partial charge in [-0.15, -0.1) is 22.7 Å². The van der Waals surface area contributed by atoms with Gasteiger partial charge >= 0.3 is 0 Å². The van der Waals surface area contributed by atoms with E-state index in [9.17, 15) is 0 Å². The zero-order valence-electron chi connectivity index (χ0n) is 9.69. The van der Waals surface area contributed by atoms with Crippen molar-refractivity contribution in [2.24, 2.45) is 11.8 Å². The molecular weight excluding hydrogens is 236 g/mol. The SMILES string of the molecule is CCC(CC)C(NN)c1cc2sccc2s1. The molecule has 2 rings (SSSR count). The van der Waals surface area contributed by atoms with Crippen molar-refractivity contribution in [3.05, 3.63) is 22.4 Å². The van der Waals surface area contributed by atoms with Crippen LogP contribution in [-0.4, -0.2) is 0 Å². The van der Waals surface area contributed by atoms with Gasteiger partial charge in [0.25, 0.3) is 0 Å². The summed E-state index contributed by atoms with van der Waals surface area (Å²) in [5.74, 6) is 6.33. The van der Waals surface area contributed by atoms with Crippen LogP contribution in [0.1, 0.15) is 37.6 Å². The maximum absolute atomic E-state index is 5.71. The second kappa shape index (κ2) is 5.27. The average Bonchev–Trinajstić information content (AvgIpc) is 2.85. The number of hydrogen-bond acceptors (Lipinski definition) is 4. The first-order chi connectivity index (χ1) is 7.80. The molecule has 0 bridgehead atoms. The van der Waals surface area contributed by atoms with E-state index in [1.54, 1.807) is 11.3 Å². The molecule has 3 N–H and O–H groups in total. The van der Waals surface area contributed by atoms with Crippen LogP contribution in [-0.2, 0) is 0 Å². The number of hydrazine groups is 1. The van der Waals surface area contributed by atoms with E-state index in [1.807, 2.05) is 11.3 Å². The molecule has 1 unspecified atom stereocenters. The van der Waals surface area contributed by atoms with Gasteiger partial charge in [-0.1, -0.05) is 26.7 Å². The molecule has 2 aromatic heterocycles. The molecular formula is C12H18N2S2.